The first-order chi connectivity index (χ1) is 10.6. The van der Waals surface area contributed by atoms with Crippen molar-refractivity contribution in [3.8, 4) is 0 Å². The largest absolute Gasteiger partial charge is 0.378 e. The second-order valence-corrected chi connectivity index (χ2v) is 7.14. The van der Waals surface area contributed by atoms with Gasteiger partial charge < -0.3 is 14.5 Å². The van der Waals surface area contributed by atoms with Crippen LogP contribution < -0.4 is 0 Å². The van der Waals surface area contributed by atoms with Crippen molar-refractivity contribution in [2.45, 2.75) is 39.0 Å². The van der Waals surface area contributed by atoms with E-state index in [9.17, 15) is 9.59 Å². The Balaban J connectivity index is 1.51. The Morgan fingerprint density at radius 2 is 1.82 bits per heavy atom. The topological polar surface area (TPSA) is 49.9 Å². The van der Waals surface area contributed by atoms with E-state index < -0.39 is 0 Å². The van der Waals surface area contributed by atoms with Gasteiger partial charge in [-0.1, -0.05) is 6.92 Å². The van der Waals surface area contributed by atoms with Gasteiger partial charge in [-0.05, 0) is 37.5 Å². The number of hydrogen-bond donors (Lipinski definition) is 0. The number of piperidine rings is 1. The zero-order valence-corrected chi connectivity index (χ0v) is 13.6. The highest BCUT2D eigenvalue weighted by molar-refractivity contribution is 5.81. The Kier molecular flexibility index (Phi) is 5.01. The molecule has 0 unspecified atom stereocenters. The number of ether oxygens (including phenoxy) is 1. The number of carbonyl (C=O) groups is 2. The van der Waals surface area contributed by atoms with Crippen LogP contribution in [0.1, 0.15) is 39.0 Å². The van der Waals surface area contributed by atoms with E-state index in [0.29, 0.717) is 45.2 Å². The lowest BCUT2D eigenvalue weighted by Crippen LogP contribution is -2.49. The van der Waals surface area contributed by atoms with Crippen molar-refractivity contribution in [2.24, 2.45) is 17.8 Å². The van der Waals surface area contributed by atoms with Gasteiger partial charge in [0.05, 0.1) is 19.1 Å². The molecular weight excluding hydrogens is 280 g/mol. The van der Waals surface area contributed by atoms with Crippen LogP contribution in [-0.4, -0.2) is 61.0 Å². The standard InChI is InChI=1S/C17H28N2O3/c1-13(14-4-5-14)11-16(20)19-6-2-3-15(12-19)17(21)18-7-9-22-10-8-18/h13-15H,2-12H2,1H3/t13-,15+/m0/s1. The average Bonchev–Trinajstić information content (AvgIpc) is 3.40. The van der Waals surface area contributed by atoms with Crippen molar-refractivity contribution < 1.29 is 14.3 Å². The summed E-state index contributed by atoms with van der Waals surface area (Å²) in [6, 6.07) is 0. The first kappa shape index (κ1) is 15.8. The number of morpholine rings is 1. The summed E-state index contributed by atoms with van der Waals surface area (Å²) in [6.45, 7) is 6.30. The van der Waals surface area contributed by atoms with Gasteiger partial charge in [-0.25, -0.2) is 0 Å². The lowest BCUT2D eigenvalue weighted by molar-refractivity contribution is -0.144. The van der Waals surface area contributed by atoms with Gasteiger partial charge in [0, 0.05) is 32.6 Å². The zero-order valence-electron chi connectivity index (χ0n) is 13.6. The van der Waals surface area contributed by atoms with Crippen LogP contribution in [0.2, 0.25) is 0 Å². The van der Waals surface area contributed by atoms with Gasteiger partial charge >= 0.3 is 0 Å². The predicted octanol–water partition coefficient (Wildman–Crippen LogP) is 1.52. The molecule has 0 spiro atoms. The molecule has 0 radical (unpaired) electrons. The molecule has 2 amide bonds. The number of hydrogen-bond acceptors (Lipinski definition) is 3. The number of rotatable bonds is 4. The van der Waals surface area contributed by atoms with Gasteiger partial charge in [0.2, 0.25) is 11.8 Å². The van der Waals surface area contributed by atoms with E-state index in [4.69, 9.17) is 4.74 Å². The molecule has 5 nitrogen and oxygen atoms in total. The van der Waals surface area contributed by atoms with E-state index in [0.717, 1.165) is 25.3 Å². The van der Waals surface area contributed by atoms with Crippen LogP contribution in [0.3, 0.4) is 0 Å². The third-order valence-corrected chi connectivity index (χ3v) is 5.37. The van der Waals surface area contributed by atoms with Crippen LogP contribution in [0.25, 0.3) is 0 Å². The molecule has 22 heavy (non-hydrogen) atoms. The highest BCUT2D eigenvalue weighted by Gasteiger charge is 2.34. The van der Waals surface area contributed by atoms with E-state index in [1.165, 1.54) is 12.8 Å². The molecule has 0 aromatic heterocycles. The van der Waals surface area contributed by atoms with Crippen LogP contribution >= 0.6 is 0 Å². The molecule has 0 aromatic carbocycles. The second-order valence-electron chi connectivity index (χ2n) is 7.14. The Morgan fingerprint density at radius 3 is 2.50 bits per heavy atom. The second kappa shape index (κ2) is 6.99. The average molecular weight is 308 g/mol. The predicted molar refractivity (Wildman–Crippen MR) is 83.2 cm³/mol. The van der Waals surface area contributed by atoms with Gasteiger partial charge in [-0.3, -0.25) is 9.59 Å². The molecule has 3 rings (SSSR count). The molecule has 1 saturated carbocycles. The Hall–Kier alpha value is -1.10. The highest BCUT2D eigenvalue weighted by Crippen LogP contribution is 2.38. The molecule has 2 aliphatic heterocycles. The maximum absolute atomic E-state index is 12.6. The van der Waals surface area contributed by atoms with Crippen molar-refractivity contribution >= 4 is 11.8 Å². The first-order valence-electron chi connectivity index (χ1n) is 8.79. The summed E-state index contributed by atoms with van der Waals surface area (Å²) in [5, 5.41) is 0. The molecule has 0 bridgehead atoms. The van der Waals surface area contributed by atoms with E-state index in [-0.39, 0.29) is 17.7 Å². The molecule has 3 aliphatic rings. The highest BCUT2D eigenvalue weighted by atomic mass is 16.5. The third kappa shape index (κ3) is 3.80. The van der Waals surface area contributed by atoms with Gasteiger partial charge in [0.1, 0.15) is 0 Å². The van der Waals surface area contributed by atoms with Crippen molar-refractivity contribution in [1.82, 2.24) is 9.80 Å². The Labute approximate surface area is 133 Å². The lowest BCUT2D eigenvalue weighted by atomic mass is 9.94. The van der Waals surface area contributed by atoms with Crippen LogP contribution in [-0.2, 0) is 14.3 Å². The summed E-state index contributed by atoms with van der Waals surface area (Å²) in [7, 11) is 0. The Morgan fingerprint density at radius 1 is 1.09 bits per heavy atom. The lowest BCUT2D eigenvalue weighted by Gasteiger charge is -2.36. The van der Waals surface area contributed by atoms with Gasteiger partial charge in [0.15, 0.2) is 0 Å². The SMILES string of the molecule is C[C@@H](CC(=O)N1CCC[C@@H](C(=O)N2CCOCC2)C1)C1CC1. The molecule has 2 saturated heterocycles. The summed E-state index contributed by atoms with van der Waals surface area (Å²) in [4.78, 5) is 28.9. The fraction of sp³-hybridized carbons (Fsp3) is 0.882. The zero-order chi connectivity index (χ0) is 15.5. The van der Waals surface area contributed by atoms with Crippen LogP contribution in [0.4, 0.5) is 0 Å². The molecule has 124 valence electrons. The summed E-state index contributed by atoms with van der Waals surface area (Å²) in [5.74, 6) is 1.73. The van der Waals surface area contributed by atoms with Crippen LogP contribution in [0.15, 0.2) is 0 Å². The molecule has 5 heteroatoms. The summed E-state index contributed by atoms with van der Waals surface area (Å²) in [5.41, 5.74) is 0. The van der Waals surface area contributed by atoms with Crippen LogP contribution in [0, 0.1) is 17.8 Å². The number of nitrogens with zero attached hydrogens (tertiary/aromatic N) is 2. The van der Waals surface area contributed by atoms with Crippen molar-refractivity contribution in [3.63, 3.8) is 0 Å². The summed E-state index contributed by atoms with van der Waals surface area (Å²) >= 11 is 0. The molecule has 2 heterocycles. The maximum Gasteiger partial charge on any atom is 0.227 e. The van der Waals surface area contributed by atoms with Gasteiger partial charge in [-0.2, -0.15) is 0 Å². The van der Waals surface area contributed by atoms with Gasteiger partial charge in [0.25, 0.3) is 0 Å². The Bertz CT molecular complexity index is 416. The van der Waals surface area contributed by atoms with Crippen LogP contribution in [0.5, 0.6) is 0 Å². The summed E-state index contributed by atoms with van der Waals surface area (Å²) < 4.78 is 5.31. The van der Waals surface area contributed by atoms with E-state index >= 15 is 0 Å². The minimum Gasteiger partial charge on any atom is -0.378 e. The molecule has 0 N–H and O–H groups in total. The monoisotopic (exact) mass is 308 g/mol. The normalized spacial score (nSPS) is 27.6. The molecular formula is C17H28N2O3. The molecule has 2 atom stereocenters. The molecule has 0 aromatic rings. The smallest absolute Gasteiger partial charge is 0.227 e. The number of carbonyl (C=O) groups excluding carboxylic acids is 2. The molecule has 1 aliphatic carbocycles. The van der Waals surface area contributed by atoms with Crippen molar-refractivity contribution in [2.75, 3.05) is 39.4 Å². The minimum atomic E-state index is -0.00738. The van der Waals surface area contributed by atoms with E-state index in [1.807, 2.05) is 9.80 Å². The molecule has 3 fully saturated rings. The van der Waals surface area contributed by atoms with Crippen molar-refractivity contribution in [1.29, 1.82) is 0 Å². The fourth-order valence-corrected chi connectivity index (χ4v) is 3.68. The minimum absolute atomic E-state index is 0.00738. The maximum atomic E-state index is 12.6. The number of amides is 2. The van der Waals surface area contributed by atoms with E-state index in [1.54, 1.807) is 0 Å². The van der Waals surface area contributed by atoms with Crippen molar-refractivity contribution in [3.05, 3.63) is 0 Å². The number of likely N-dealkylation sites (tertiary alicyclic amines) is 1. The third-order valence-electron chi connectivity index (χ3n) is 5.37. The summed E-state index contributed by atoms with van der Waals surface area (Å²) in [6.07, 6.45) is 5.09. The van der Waals surface area contributed by atoms with E-state index in [2.05, 4.69) is 6.92 Å². The first-order valence-corrected chi connectivity index (χ1v) is 8.79. The quantitative estimate of drug-likeness (QED) is 0.791. The van der Waals surface area contributed by atoms with Gasteiger partial charge in [-0.15, -0.1) is 0 Å². The fourth-order valence-electron chi connectivity index (χ4n) is 3.68.